The lowest BCUT2D eigenvalue weighted by Gasteiger charge is -2.37. The van der Waals surface area contributed by atoms with Crippen LogP contribution >= 0.6 is 15.9 Å². The fourth-order valence-electron chi connectivity index (χ4n) is 2.31. The lowest BCUT2D eigenvalue weighted by Crippen LogP contribution is -2.49. The van der Waals surface area contributed by atoms with Gasteiger partial charge in [-0.3, -0.25) is 0 Å². The summed E-state index contributed by atoms with van der Waals surface area (Å²) in [6.45, 7) is 5.63. The molecule has 3 heteroatoms. The molecule has 0 amide bonds. The minimum absolute atomic E-state index is 0.252. The van der Waals surface area contributed by atoms with Crippen LogP contribution in [0.2, 0.25) is 0 Å². The van der Waals surface area contributed by atoms with E-state index < -0.39 is 0 Å². The second-order valence-electron chi connectivity index (χ2n) is 5.16. The van der Waals surface area contributed by atoms with Crippen molar-refractivity contribution in [2.24, 2.45) is 0 Å². The molecule has 0 spiro atoms. The van der Waals surface area contributed by atoms with E-state index in [2.05, 4.69) is 64.7 Å². The Balaban J connectivity index is 1.99. The first-order valence-electron chi connectivity index (χ1n) is 5.82. The average Bonchev–Trinajstić information content (AvgIpc) is 2.15. The molecular formula is C13H19BrN2. The Labute approximate surface area is 106 Å². The van der Waals surface area contributed by atoms with Crippen LogP contribution in [0.3, 0.4) is 0 Å². The molecule has 1 aliphatic heterocycles. The second kappa shape index (κ2) is 4.76. The van der Waals surface area contributed by atoms with Crippen LogP contribution in [-0.4, -0.2) is 18.1 Å². The predicted octanol–water partition coefficient (Wildman–Crippen LogP) is 3.39. The van der Waals surface area contributed by atoms with Gasteiger partial charge >= 0.3 is 0 Å². The minimum atomic E-state index is 0.252. The van der Waals surface area contributed by atoms with E-state index >= 15 is 0 Å². The van der Waals surface area contributed by atoms with E-state index in [-0.39, 0.29) is 5.54 Å². The van der Waals surface area contributed by atoms with Gasteiger partial charge in [0.2, 0.25) is 0 Å². The molecule has 16 heavy (non-hydrogen) atoms. The van der Waals surface area contributed by atoms with Gasteiger partial charge < -0.3 is 10.6 Å². The van der Waals surface area contributed by atoms with Gasteiger partial charge in [0.15, 0.2) is 0 Å². The van der Waals surface area contributed by atoms with E-state index in [9.17, 15) is 0 Å². The summed E-state index contributed by atoms with van der Waals surface area (Å²) in [5, 5.41) is 7.14. The van der Waals surface area contributed by atoms with Gasteiger partial charge in [0.05, 0.1) is 0 Å². The van der Waals surface area contributed by atoms with Crippen molar-refractivity contribution in [2.75, 3.05) is 11.9 Å². The Kier molecular flexibility index (Phi) is 3.55. The number of benzene rings is 1. The molecule has 2 N–H and O–H groups in total. The molecule has 0 aliphatic carbocycles. The Morgan fingerprint density at radius 3 is 2.94 bits per heavy atom. The summed E-state index contributed by atoms with van der Waals surface area (Å²) in [7, 11) is 0. The van der Waals surface area contributed by atoms with Crippen LogP contribution in [0.5, 0.6) is 0 Å². The van der Waals surface area contributed by atoms with Crippen molar-refractivity contribution in [3.63, 3.8) is 0 Å². The molecule has 0 aromatic heterocycles. The molecule has 1 atom stereocenters. The molecule has 1 saturated heterocycles. The monoisotopic (exact) mass is 282 g/mol. The summed E-state index contributed by atoms with van der Waals surface area (Å²) in [6.07, 6.45) is 2.36. The second-order valence-corrected chi connectivity index (χ2v) is 6.07. The highest BCUT2D eigenvalue weighted by atomic mass is 79.9. The third kappa shape index (κ3) is 3.22. The molecular weight excluding hydrogens is 264 g/mol. The van der Waals surface area contributed by atoms with Crippen molar-refractivity contribution in [2.45, 2.75) is 38.3 Å². The zero-order valence-corrected chi connectivity index (χ0v) is 11.5. The summed E-state index contributed by atoms with van der Waals surface area (Å²) < 4.78 is 1.13. The van der Waals surface area contributed by atoms with Crippen molar-refractivity contribution in [3.05, 3.63) is 28.7 Å². The maximum atomic E-state index is 3.61. The molecule has 1 aromatic rings. The van der Waals surface area contributed by atoms with Crippen LogP contribution in [0.1, 0.15) is 26.7 Å². The standard InChI is InChI=1S/C13H19BrN2/c1-13(2)9-12(6-7-15-13)16-11-5-3-4-10(14)8-11/h3-5,8,12,15-16H,6-7,9H2,1-2H3. The number of hydrogen-bond donors (Lipinski definition) is 2. The molecule has 1 aromatic carbocycles. The van der Waals surface area contributed by atoms with Crippen LogP contribution in [0, 0.1) is 0 Å². The van der Waals surface area contributed by atoms with Gasteiger partial charge in [-0.15, -0.1) is 0 Å². The molecule has 1 unspecified atom stereocenters. The number of halogens is 1. The zero-order chi connectivity index (χ0) is 11.6. The van der Waals surface area contributed by atoms with Crippen molar-refractivity contribution in [1.29, 1.82) is 0 Å². The van der Waals surface area contributed by atoms with Gasteiger partial charge in [-0.2, -0.15) is 0 Å². The number of rotatable bonds is 2. The smallest absolute Gasteiger partial charge is 0.0353 e. The molecule has 2 rings (SSSR count). The van der Waals surface area contributed by atoms with Crippen molar-refractivity contribution < 1.29 is 0 Å². The fraction of sp³-hybridized carbons (Fsp3) is 0.538. The maximum Gasteiger partial charge on any atom is 0.0353 e. The summed E-state index contributed by atoms with van der Waals surface area (Å²) >= 11 is 3.50. The number of nitrogens with one attached hydrogen (secondary N) is 2. The summed E-state index contributed by atoms with van der Waals surface area (Å²) in [6, 6.07) is 8.95. The van der Waals surface area contributed by atoms with Gasteiger partial charge in [-0.25, -0.2) is 0 Å². The number of hydrogen-bond acceptors (Lipinski definition) is 2. The van der Waals surface area contributed by atoms with Gasteiger partial charge in [-0.1, -0.05) is 22.0 Å². The highest BCUT2D eigenvalue weighted by molar-refractivity contribution is 9.10. The number of piperidine rings is 1. The Bertz CT molecular complexity index is 363. The Morgan fingerprint density at radius 1 is 1.44 bits per heavy atom. The molecule has 1 fully saturated rings. The van der Waals surface area contributed by atoms with Crippen LogP contribution in [0.25, 0.3) is 0 Å². The molecule has 0 radical (unpaired) electrons. The van der Waals surface area contributed by atoms with E-state index in [0.717, 1.165) is 11.0 Å². The van der Waals surface area contributed by atoms with Gasteiger partial charge in [0, 0.05) is 21.7 Å². The molecule has 1 aliphatic rings. The van der Waals surface area contributed by atoms with E-state index in [1.165, 1.54) is 18.5 Å². The highest BCUT2D eigenvalue weighted by Gasteiger charge is 2.27. The lowest BCUT2D eigenvalue weighted by atomic mass is 9.89. The SMILES string of the molecule is CC1(C)CC(Nc2cccc(Br)c2)CCN1. The maximum absolute atomic E-state index is 3.61. The summed E-state index contributed by atoms with van der Waals surface area (Å²) in [5.41, 5.74) is 1.46. The molecule has 88 valence electrons. The number of anilines is 1. The molecule has 0 saturated carbocycles. The first-order valence-corrected chi connectivity index (χ1v) is 6.62. The third-order valence-corrected chi connectivity index (χ3v) is 3.54. The van der Waals surface area contributed by atoms with E-state index in [1.54, 1.807) is 0 Å². The van der Waals surface area contributed by atoms with Crippen molar-refractivity contribution in [1.82, 2.24) is 5.32 Å². The van der Waals surface area contributed by atoms with Crippen LogP contribution < -0.4 is 10.6 Å². The molecule has 0 bridgehead atoms. The van der Waals surface area contributed by atoms with Crippen LogP contribution in [0.4, 0.5) is 5.69 Å². The highest BCUT2D eigenvalue weighted by Crippen LogP contribution is 2.23. The first-order chi connectivity index (χ1) is 7.55. The lowest BCUT2D eigenvalue weighted by molar-refractivity contribution is 0.286. The Morgan fingerprint density at radius 2 is 2.25 bits per heavy atom. The minimum Gasteiger partial charge on any atom is -0.382 e. The average molecular weight is 283 g/mol. The largest absolute Gasteiger partial charge is 0.382 e. The molecule has 1 heterocycles. The summed E-state index contributed by atoms with van der Waals surface area (Å²) in [5.74, 6) is 0. The van der Waals surface area contributed by atoms with Crippen molar-refractivity contribution >= 4 is 21.6 Å². The van der Waals surface area contributed by atoms with Gasteiger partial charge in [-0.05, 0) is 51.4 Å². The third-order valence-electron chi connectivity index (χ3n) is 3.05. The van der Waals surface area contributed by atoms with Crippen LogP contribution in [-0.2, 0) is 0 Å². The van der Waals surface area contributed by atoms with E-state index in [0.29, 0.717) is 6.04 Å². The van der Waals surface area contributed by atoms with Crippen molar-refractivity contribution in [3.8, 4) is 0 Å². The fourth-order valence-corrected chi connectivity index (χ4v) is 2.71. The first kappa shape index (κ1) is 11.9. The molecule has 2 nitrogen and oxygen atoms in total. The van der Waals surface area contributed by atoms with Gasteiger partial charge in [0.1, 0.15) is 0 Å². The summed E-state index contributed by atoms with van der Waals surface area (Å²) in [4.78, 5) is 0. The van der Waals surface area contributed by atoms with E-state index in [1.807, 2.05) is 0 Å². The van der Waals surface area contributed by atoms with Gasteiger partial charge in [0.25, 0.3) is 0 Å². The topological polar surface area (TPSA) is 24.1 Å². The quantitative estimate of drug-likeness (QED) is 0.869. The predicted molar refractivity (Wildman–Crippen MR) is 72.9 cm³/mol. The van der Waals surface area contributed by atoms with E-state index in [4.69, 9.17) is 0 Å². The van der Waals surface area contributed by atoms with Crippen LogP contribution in [0.15, 0.2) is 28.7 Å². The Hall–Kier alpha value is -0.540. The zero-order valence-electron chi connectivity index (χ0n) is 9.89. The normalized spacial score (nSPS) is 24.1.